The monoisotopic (exact) mass is 346 g/mol. The summed E-state index contributed by atoms with van der Waals surface area (Å²) in [5.74, 6) is 0. The highest BCUT2D eigenvalue weighted by Crippen LogP contribution is 2.48. The lowest BCUT2D eigenvalue weighted by atomic mass is 9.65. The van der Waals surface area contributed by atoms with E-state index in [-0.39, 0.29) is 10.5 Å². The molecule has 0 saturated heterocycles. The zero-order chi connectivity index (χ0) is 17.8. The van der Waals surface area contributed by atoms with Gasteiger partial charge in [-0.3, -0.25) is 0 Å². The Kier molecular flexibility index (Phi) is 6.11. The van der Waals surface area contributed by atoms with Crippen molar-refractivity contribution in [2.45, 2.75) is 70.9 Å². The zero-order valence-electron chi connectivity index (χ0n) is 16.1. The molecule has 0 spiro atoms. The topological polar surface area (TPSA) is 18.5 Å². The van der Waals surface area contributed by atoms with Crippen molar-refractivity contribution >= 4 is 8.32 Å². The molecule has 1 aliphatic carbocycles. The van der Waals surface area contributed by atoms with Gasteiger partial charge in [0.05, 0.1) is 12.7 Å². The van der Waals surface area contributed by atoms with E-state index in [1.165, 1.54) is 5.56 Å². The lowest BCUT2D eigenvalue weighted by molar-refractivity contribution is -0.104. The Morgan fingerprint density at radius 3 is 2.38 bits per heavy atom. The van der Waals surface area contributed by atoms with E-state index >= 15 is 0 Å². The molecule has 1 aliphatic rings. The molecule has 0 aliphatic heterocycles. The highest BCUT2D eigenvalue weighted by molar-refractivity contribution is 6.74. The van der Waals surface area contributed by atoms with Gasteiger partial charge in [-0.2, -0.15) is 0 Å². The van der Waals surface area contributed by atoms with Crippen molar-refractivity contribution in [3.63, 3.8) is 0 Å². The van der Waals surface area contributed by atoms with Gasteiger partial charge in [-0.15, -0.1) is 6.58 Å². The summed E-state index contributed by atoms with van der Waals surface area (Å²) in [5.41, 5.74) is 1.48. The smallest absolute Gasteiger partial charge is 0.192 e. The van der Waals surface area contributed by atoms with Gasteiger partial charge in [0.15, 0.2) is 8.32 Å². The van der Waals surface area contributed by atoms with Gasteiger partial charge in [0, 0.05) is 12.0 Å². The first-order chi connectivity index (χ1) is 11.2. The van der Waals surface area contributed by atoms with E-state index in [0.717, 1.165) is 25.9 Å². The average Bonchev–Trinajstić information content (AvgIpc) is 2.48. The number of ether oxygens (including phenoxy) is 1. The van der Waals surface area contributed by atoms with Gasteiger partial charge in [0.1, 0.15) is 0 Å². The molecule has 1 aromatic rings. The summed E-state index contributed by atoms with van der Waals surface area (Å²) in [6.07, 6.45) is 5.59. The second kappa shape index (κ2) is 7.55. The third-order valence-corrected chi connectivity index (χ3v) is 10.3. The van der Waals surface area contributed by atoms with Crippen molar-refractivity contribution in [1.29, 1.82) is 0 Å². The number of benzene rings is 1. The lowest BCUT2D eigenvalue weighted by Gasteiger charge is -2.49. The van der Waals surface area contributed by atoms with Gasteiger partial charge >= 0.3 is 0 Å². The van der Waals surface area contributed by atoms with Crippen LogP contribution in [0.1, 0.15) is 45.6 Å². The van der Waals surface area contributed by atoms with Gasteiger partial charge in [0.25, 0.3) is 0 Å². The number of rotatable bonds is 8. The Morgan fingerprint density at radius 1 is 1.21 bits per heavy atom. The Morgan fingerprint density at radius 2 is 1.83 bits per heavy atom. The Labute approximate surface area is 149 Å². The normalized spacial score (nSPS) is 24.5. The van der Waals surface area contributed by atoms with E-state index in [2.05, 4.69) is 64.7 Å². The molecule has 1 saturated carbocycles. The highest BCUT2D eigenvalue weighted by atomic mass is 28.4. The highest BCUT2D eigenvalue weighted by Gasteiger charge is 2.46. The van der Waals surface area contributed by atoms with Crippen LogP contribution in [0.5, 0.6) is 0 Å². The SMILES string of the molecule is C=CCC1(CO[Si](C)(C)C(C)(C)C)CC(OCc2ccccc2)C1. The van der Waals surface area contributed by atoms with Crippen LogP contribution in [0.2, 0.25) is 18.1 Å². The molecule has 134 valence electrons. The second-order valence-corrected chi connectivity index (χ2v) is 13.7. The largest absolute Gasteiger partial charge is 0.416 e. The molecule has 0 radical (unpaired) electrons. The molecular weight excluding hydrogens is 312 g/mol. The number of allylic oxidation sites excluding steroid dienone is 1. The van der Waals surface area contributed by atoms with Crippen LogP contribution in [0.15, 0.2) is 43.0 Å². The minimum absolute atomic E-state index is 0.235. The molecule has 0 amide bonds. The van der Waals surface area contributed by atoms with Gasteiger partial charge in [-0.05, 0) is 43.0 Å². The van der Waals surface area contributed by atoms with E-state index in [4.69, 9.17) is 9.16 Å². The Hall–Kier alpha value is -0.903. The first-order valence-corrected chi connectivity index (χ1v) is 12.0. The van der Waals surface area contributed by atoms with Crippen LogP contribution in [0, 0.1) is 5.41 Å². The fraction of sp³-hybridized carbons (Fsp3) is 0.619. The molecule has 3 heteroatoms. The van der Waals surface area contributed by atoms with Crippen molar-refractivity contribution in [2.24, 2.45) is 5.41 Å². The maximum absolute atomic E-state index is 6.50. The van der Waals surface area contributed by atoms with Crippen LogP contribution in [0.4, 0.5) is 0 Å². The van der Waals surface area contributed by atoms with Crippen LogP contribution >= 0.6 is 0 Å². The molecule has 0 N–H and O–H groups in total. The Balaban J connectivity index is 1.85. The summed E-state index contributed by atoms with van der Waals surface area (Å²) in [4.78, 5) is 0. The minimum atomic E-state index is -1.69. The van der Waals surface area contributed by atoms with Crippen LogP contribution in [-0.4, -0.2) is 21.0 Å². The van der Waals surface area contributed by atoms with Crippen LogP contribution in [0.3, 0.4) is 0 Å². The third kappa shape index (κ3) is 4.81. The maximum atomic E-state index is 6.50. The second-order valence-electron chi connectivity index (χ2n) is 8.87. The van der Waals surface area contributed by atoms with Crippen LogP contribution in [0.25, 0.3) is 0 Å². The van der Waals surface area contributed by atoms with Crippen molar-refractivity contribution in [3.05, 3.63) is 48.6 Å². The van der Waals surface area contributed by atoms with Crippen molar-refractivity contribution in [1.82, 2.24) is 0 Å². The van der Waals surface area contributed by atoms with Gasteiger partial charge in [-0.1, -0.05) is 57.2 Å². The van der Waals surface area contributed by atoms with Gasteiger partial charge < -0.3 is 9.16 Å². The first kappa shape index (κ1) is 19.4. The molecule has 2 rings (SSSR count). The molecule has 24 heavy (non-hydrogen) atoms. The van der Waals surface area contributed by atoms with Crippen molar-refractivity contribution in [3.8, 4) is 0 Å². The van der Waals surface area contributed by atoms with Gasteiger partial charge in [-0.25, -0.2) is 0 Å². The standard InChI is InChI=1S/C21H34O2Si/c1-7-13-21(17-23-24(5,6)20(2,3)4)14-19(15-21)22-16-18-11-9-8-10-12-18/h7-12,19H,1,13-17H2,2-6H3. The summed E-state index contributed by atoms with van der Waals surface area (Å²) in [5, 5.41) is 0.259. The van der Waals surface area contributed by atoms with Crippen LogP contribution in [-0.2, 0) is 15.8 Å². The molecular formula is C21H34O2Si. The molecule has 0 bridgehead atoms. The minimum Gasteiger partial charge on any atom is -0.416 e. The van der Waals surface area contributed by atoms with Gasteiger partial charge in [0.2, 0.25) is 0 Å². The average molecular weight is 347 g/mol. The first-order valence-electron chi connectivity index (χ1n) is 9.08. The molecule has 0 heterocycles. The van der Waals surface area contributed by atoms with E-state index in [1.807, 2.05) is 12.1 Å². The van der Waals surface area contributed by atoms with E-state index < -0.39 is 8.32 Å². The fourth-order valence-electron chi connectivity index (χ4n) is 3.01. The molecule has 1 aromatic carbocycles. The molecule has 0 aromatic heterocycles. The molecule has 0 atom stereocenters. The molecule has 1 fully saturated rings. The predicted octanol–water partition coefficient (Wildman–Crippen LogP) is 5.95. The van der Waals surface area contributed by atoms with Crippen LogP contribution < -0.4 is 0 Å². The maximum Gasteiger partial charge on any atom is 0.192 e. The summed E-state index contributed by atoms with van der Waals surface area (Å²) in [7, 11) is -1.69. The lowest BCUT2D eigenvalue weighted by Crippen LogP contribution is -2.50. The summed E-state index contributed by atoms with van der Waals surface area (Å²) < 4.78 is 12.6. The van der Waals surface area contributed by atoms with E-state index in [0.29, 0.717) is 12.7 Å². The van der Waals surface area contributed by atoms with E-state index in [9.17, 15) is 0 Å². The Bertz CT molecular complexity index is 525. The zero-order valence-corrected chi connectivity index (χ0v) is 17.1. The summed E-state index contributed by atoms with van der Waals surface area (Å²) in [6, 6.07) is 10.4. The number of hydrogen-bond acceptors (Lipinski definition) is 2. The summed E-state index contributed by atoms with van der Waals surface area (Å²) in [6.45, 7) is 17.1. The quantitative estimate of drug-likeness (QED) is 0.428. The summed E-state index contributed by atoms with van der Waals surface area (Å²) >= 11 is 0. The van der Waals surface area contributed by atoms with Crippen molar-refractivity contribution in [2.75, 3.05) is 6.61 Å². The predicted molar refractivity (Wildman–Crippen MR) is 105 cm³/mol. The third-order valence-electron chi connectivity index (χ3n) is 5.77. The molecule has 0 unspecified atom stereocenters. The van der Waals surface area contributed by atoms with Crippen molar-refractivity contribution < 1.29 is 9.16 Å². The molecule has 2 nitrogen and oxygen atoms in total. The van der Waals surface area contributed by atoms with E-state index in [1.54, 1.807) is 0 Å². The number of hydrogen-bond donors (Lipinski definition) is 0. The fourth-order valence-corrected chi connectivity index (χ4v) is 4.11.